The summed E-state index contributed by atoms with van der Waals surface area (Å²) in [7, 11) is 1.70. The van der Waals surface area contributed by atoms with Crippen molar-refractivity contribution in [1.29, 1.82) is 0 Å². The van der Waals surface area contributed by atoms with Crippen LogP contribution in [0, 0.1) is 6.92 Å². The summed E-state index contributed by atoms with van der Waals surface area (Å²) in [5, 5.41) is 3.53. The number of rotatable bonds is 5. The van der Waals surface area contributed by atoms with Crippen molar-refractivity contribution in [1.82, 2.24) is 5.32 Å². The maximum absolute atomic E-state index is 5.25. The van der Waals surface area contributed by atoms with Gasteiger partial charge in [-0.2, -0.15) is 0 Å². The summed E-state index contributed by atoms with van der Waals surface area (Å²) in [6.07, 6.45) is 0. The van der Waals surface area contributed by atoms with Gasteiger partial charge in [0.25, 0.3) is 0 Å². The second kappa shape index (κ2) is 6.03. The summed E-state index contributed by atoms with van der Waals surface area (Å²) >= 11 is 1.85. The SMILES string of the molecule is COc1cccc(C(C)NCc2ccc(C)s2)c1. The molecule has 0 aliphatic carbocycles. The van der Waals surface area contributed by atoms with Crippen molar-refractivity contribution in [3.8, 4) is 5.75 Å². The van der Waals surface area contributed by atoms with Crippen molar-refractivity contribution in [3.05, 3.63) is 51.7 Å². The van der Waals surface area contributed by atoms with Gasteiger partial charge in [-0.1, -0.05) is 12.1 Å². The number of ether oxygens (including phenoxy) is 1. The third-order valence-corrected chi connectivity index (χ3v) is 3.97. The highest BCUT2D eigenvalue weighted by molar-refractivity contribution is 7.11. The Hall–Kier alpha value is -1.32. The van der Waals surface area contributed by atoms with Crippen LogP contribution in [0.25, 0.3) is 0 Å². The van der Waals surface area contributed by atoms with Crippen LogP contribution in [0.15, 0.2) is 36.4 Å². The Morgan fingerprint density at radius 2 is 2.11 bits per heavy atom. The van der Waals surface area contributed by atoms with Crippen LogP contribution in [0.5, 0.6) is 5.75 Å². The van der Waals surface area contributed by atoms with Crippen molar-refractivity contribution >= 4 is 11.3 Å². The van der Waals surface area contributed by atoms with Crippen molar-refractivity contribution in [2.24, 2.45) is 0 Å². The van der Waals surface area contributed by atoms with Crippen LogP contribution in [0.2, 0.25) is 0 Å². The van der Waals surface area contributed by atoms with Gasteiger partial charge in [-0.25, -0.2) is 0 Å². The lowest BCUT2D eigenvalue weighted by atomic mass is 10.1. The predicted molar refractivity (Wildman–Crippen MR) is 77.3 cm³/mol. The fourth-order valence-corrected chi connectivity index (χ4v) is 2.70. The van der Waals surface area contributed by atoms with E-state index in [9.17, 15) is 0 Å². The van der Waals surface area contributed by atoms with Gasteiger partial charge in [-0.05, 0) is 43.7 Å². The second-order valence-electron chi connectivity index (χ2n) is 4.39. The Kier molecular flexibility index (Phi) is 4.39. The van der Waals surface area contributed by atoms with Gasteiger partial charge in [0.1, 0.15) is 5.75 Å². The van der Waals surface area contributed by atoms with E-state index in [0.29, 0.717) is 6.04 Å². The Morgan fingerprint density at radius 3 is 2.78 bits per heavy atom. The van der Waals surface area contributed by atoms with Crippen molar-refractivity contribution in [3.63, 3.8) is 0 Å². The molecule has 0 saturated carbocycles. The van der Waals surface area contributed by atoms with Crippen LogP contribution < -0.4 is 10.1 Å². The fourth-order valence-electron chi connectivity index (χ4n) is 1.86. The lowest BCUT2D eigenvalue weighted by Crippen LogP contribution is -2.17. The van der Waals surface area contributed by atoms with Gasteiger partial charge in [-0.3, -0.25) is 0 Å². The van der Waals surface area contributed by atoms with E-state index < -0.39 is 0 Å². The Balaban J connectivity index is 1.96. The maximum Gasteiger partial charge on any atom is 0.119 e. The number of benzene rings is 1. The molecular formula is C15H19NOS. The summed E-state index contributed by atoms with van der Waals surface area (Å²) in [6, 6.07) is 12.9. The largest absolute Gasteiger partial charge is 0.497 e. The lowest BCUT2D eigenvalue weighted by Gasteiger charge is -2.14. The highest BCUT2D eigenvalue weighted by Gasteiger charge is 2.06. The van der Waals surface area contributed by atoms with Crippen LogP contribution in [0.3, 0.4) is 0 Å². The molecule has 0 amide bonds. The number of hydrogen-bond acceptors (Lipinski definition) is 3. The number of thiophene rings is 1. The maximum atomic E-state index is 5.25. The van der Waals surface area contributed by atoms with Crippen molar-refractivity contribution < 1.29 is 4.74 Å². The first-order valence-corrected chi connectivity index (χ1v) is 6.93. The van der Waals surface area contributed by atoms with Gasteiger partial charge in [0.2, 0.25) is 0 Å². The molecule has 0 bridgehead atoms. The first kappa shape index (κ1) is 13.1. The van der Waals surface area contributed by atoms with Gasteiger partial charge in [0.15, 0.2) is 0 Å². The molecule has 0 aliphatic rings. The summed E-state index contributed by atoms with van der Waals surface area (Å²) in [6.45, 7) is 5.23. The zero-order valence-corrected chi connectivity index (χ0v) is 11.9. The Morgan fingerprint density at radius 1 is 1.28 bits per heavy atom. The Labute approximate surface area is 113 Å². The summed E-state index contributed by atoms with van der Waals surface area (Å²) in [4.78, 5) is 2.74. The third kappa shape index (κ3) is 3.34. The molecule has 1 unspecified atom stereocenters. The minimum absolute atomic E-state index is 0.322. The van der Waals surface area contributed by atoms with Gasteiger partial charge < -0.3 is 10.1 Å². The highest BCUT2D eigenvalue weighted by atomic mass is 32.1. The van der Waals surface area contributed by atoms with E-state index in [1.165, 1.54) is 15.3 Å². The molecule has 1 N–H and O–H groups in total. The van der Waals surface area contributed by atoms with Gasteiger partial charge in [0.05, 0.1) is 7.11 Å². The van der Waals surface area contributed by atoms with Crippen molar-refractivity contribution in [2.75, 3.05) is 7.11 Å². The molecular weight excluding hydrogens is 242 g/mol. The molecule has 2 aromatic rings. The van der Waals surface area contributed by atoms with Crippen LogP contribution in [-0.4, -0.2) is 7.11 Å². The smallest absolute Gasteiger partial charge is 0.119 e. The average molecular weight is 261 g/mol. The van der Waals surface area contributed by atoms with E-state index in [1.54, 1.807) is 7.11 Å². The summed E-state index contributed by atoms with van der Waals surface area (Å²) in [5.74, 6) is 0.910. The van der Waals surface area contributed by atoms with E-state index in [2.05, 4.69) is 43.4 Å². The lowest BCUT2D eigenvalue weighted by molar-refractivity contribution is 0.413. The van der Waals surface area contributed by atoms with E-state index in [1.807, 2.05) is 23.5 Å². The molecule has 96 valence electrons. The molecule has 0 aliphatic heterocycles. The summed E-state index contributed by atoms with van der Waals surface area (Å²) in [5.41, 5.74) is 1.25. The second-order valence-corrected chi connectivity index (χ2v) is 5.76. The molecule has 0 fully saturated rings. The molecule has 1 aromatic heterocycles. The van der Waals surface area contributed by atoms with Crippen molar-refractivity contribution in [2.45, 2.75) is 26.4 Å². The number of aryl methyl sites for hydroxylation is 1. The van der Waals surface area contributed by atoms with Gasteiger partial charge >= 0.3 is 0 Å². The van der Waals surface area contributed by atoms with Gasteiger partial charge in [0, 0.05) is 22.3 Å². The first-order chi connectivity index (χ1) is 8.69. The molecule has 1 atom stereocenters. The molecule has 3 heteroatoms. The zero-order chi connectivity index (χ0) is 13.0. The topological polar surface area (TPSA) is 21.3 Å². The number of methoxy groups -OCH3 is 1. The normalized spacial score (nSPS) is 12.4. The van der Waals surface area contributed by atoms with E-state index in [-0.39, 0.29) is 0 Å². The molecule has 1 heterocycles. The molecule has 0 saturated heterocycles. The summed E-state index contributed by atoms with van der Waals surface area (Å²) < 4.78 is 5.25. The van der Waals surface area contributed by atoms with Crippen LogP contribution in [0.1, 0.15) is 28.3 Å². The van der Waals surface area contributed by atoms with E-state index in [4.69, 9.17) is 4.74 Å². The monoisotopic (exact) mass is 261 g/mol. The molecule has 2 nitrogen and oxygen atoms in total. The van der Waals surface area contributed by atoms with Crippen LogP contribution >= 0.6 is 11.3 Å². The first-order valence-electron chi connectivity index (χ1n) is 6.11. The quantitative estimate of drug-likeness (QED) is 0.881. The molecule has 1 aromatic carbocycles. The number of hydrogen-bond donors (Lipinski definition) is 1. The van der Waals surface area contributed by atoms with E-state index >= 15 is 0 Å². The van der Waals surface area contributed by atoms with E-state index in [0.717, 1.165) is 12.3 Å². The molecule has 2 rings (SSSR count). The highest BCUT2D eigenvalue weighted by Crippen LogP contribution is 2.20. The number of nitrogens with one attached hydrogen (secondary N) is 1. The molecule has 18 heavy (non-hydrogen) atoms. The van der Waals surface area contributed by atoms with Crippen LogP contribution in [0.4, 0.5) is 0 Å². The van der Waals surface area contributed by atoms with Crippen LogP contribution in [-0.2, 0) is 6.54 Å². The minimum Gasteiger partial charge on any atom is -0.497 e. The minimum atomic E-state index is 0.322. The molecule has 0 radical (unpaired) electrons. The third-order valence-electron chi connectivity index (χ3n) is 2.97. The molecule has 0 spiro atoms. The average Bonchev–Trinajstić information content (AvgIpc) is 2.82. The fraction of sp³-hybridized carbons (Fsp3) is 0.333. The standard InChI is InChI=1S/C15H19NOS/c1-11-7-8-15(18-11)10-16-12(2)13-5-4-6-14(9-13)17-3/h4-9,12,16H,10H2,1-3H3. The Bertz CT molecular complexity index is 507. The zero-order valence-electron chi connectivity index (χ0n) is 11.1. The predicted octanol–water partition coefficient (Wildman–Crippen LogP) is 3.92. The van der Waals surface area contributed by atoms with Gasteiger partial charge in [-0.15, -0.1) is 11.3 Å².